The standard InChI is InChI=1S/C8H10O.C6H13NO2.C2H6/c1-2-9-8-6-4-3-5-7-8;1-3-7(4-2)5-6(8)9;1-2/h3-7H,2H2,1H3;3-5H2,1-2H3,(H,8,9);1-2H3. The van der Waals surface area contributed by atoms with Gasteiger partial charge in [0.15, 0.2) is 0 Å². The van der Waals surface area contributed by atoms with Gasteiger partial charge in [-0.3, -0.25) is 9.69 Å². The van der Waals surface area contributed by atoms with Gasteiger partial charge >= 0.3 is 5.97 Å². The van der Waals surface area contributed by atoms with Crippen LogP contribution in [0.4, 0.5) is 0 Å². The van der Waals surface area contributed by atoms with Crippen molar-refractivity contribution in [3.05, 3.63) is 30.3 Å². The zero-order chi connectivity index (χ0) is 15.8. The summed E-state index contributed by atoms with van der Waals surface area (Å²) in [6, 6.07) is 9.80. The van der Waals surface area contributed by atoms with Gasteiger partial charge in [0.25, 0.3) is 0 Å². The third-order valence-electron chi connectivity index (χ3n) is 2.31. The monoisotopic (exact) mass is 283 g/mol. The fourth-order valence-corrected chi connectivity index (χ4v) is 1.32. The lowest BCUT2D eigenvalue weighted by molar-refractivity contribution is -0.138. The largest absolute Gasteiger partial charge is 0.494 e. The van der Waals surface area contributed by atoms with E-state index in [1.165, 1.54) is 0 Å². The van der Waals surface area contributed by atoms with Crippen molar-refractivity contribution in [3.63, 3.8) is 0 Å². The lowest BCUT2D eigenvalue weighted by Gasteiger charge is -2.13. The molecule has 1 rings (SSSR count). The average molecular weight is 283 g/mol. The summed E-state index contributed by atoms with van der Waals surface area (Å²) in [5, 5.41) is 8.30. The van der Waals surface area contributed by atoms with E-state index >= 15 is 0 Å². The highest BCUT2D eigenvalue weighted by atomic mass is 16.5. The summed E-state index contributed by atoms with van der Waals surface area (Å²) in [6.45, 7) is 12.4. The zero-order valence-electron chi connectivity index (χ0n) is 13.4. The van der Waals surface area contributed by atoms with Crippen molar-refractivity contribution in [2.75, 3.05) is 26.2 Å². The summed E-state index contributed by atoms with van der Waals surface area (Å²) in [6.07, 6.45) is 0. The molecular formula is C16H29NO3. The lowest BCUT2D eigenvalue weighted by atomic mass is 10.3. The molecule has 0 fully saturated rings. The van der Waals surface area contributed by atoms with Crippen LogP contribution in [-0.2, 0) is 4.79 Å². The number of carboxylic acid groups (broad SMARTS) is 1. The number of para-hydroxylation sites is 1. The number of carboxylic acids is 1. The van der Waals surface area contributed by atoms with Crippen molar-refractivity contribution in [2.45, 2.75) is 34.6 Å². The first-order valence-electron chi connectivity index (χ1n) is 7.25. The number of benzene rings is 1. The number of hydrogen-bond donors (Lipinski definition) is 1. The highest BCUT2D eigenvalue weighted by molar-refractivity contribution is 5.69. The molecule has 4 heteroatoms. The van der Waals surface area contributed by atoms with E-state index in [9.17, 15) is 4.79 Å². The molecule has 0 unspecified atom stereocenters. The number of likely N-dealkylation sites (N-methyl/N-ethyl adjacent to an activating group) is 1. The van der Waals surface area contributed by atoms with E-state index < -0.39 is 5.97 Å². The summed E-state index contributed by atoms with van der Waals surface area (Å²) in [4.78, 5) is 11.9. The second-order valence-corrected chi connectivity index (χ2v) is 3.60. The summed E-state index contributed by atoms with van der Waals surface area (Å²) in [7, 11) is 0. The van der Waals surface area contributed by atoms with Gasteiger partial charge in [0.1, 0.15) is 5.75 Å². The molecule has 116 valence electrons. The van der Waals surface area contributed by atoms with Crippen LogP contribution in [0.2, 0.25) is 0 Å². The summed E-state index contributed by atoms with van der Waals surface area (Å²) in [5.74, 6) is 0.193. The van der Waals surface area contributed by atoms with Crippen LogP contribution in [0, 0.1) is 0 Å². The number of nitrogens with zero attached hydrogens (tertiary/aromatic N) is 1. The van der Waals surface area contributed by atoms with Crippen molar-refractivity contribution in [2.24, 2.45) is 0 Å². The van der Waals surface area contributed by atoms with Crippen LogP contribution in [0.15, 0.2) is 30.3 Å². The fourth-order valence-electron chi connectivity index (χ4n) is 1.32. The van der Waals surface area contributed by atoms with Gasteiger partial charge < -0.3 is 9.84 Å². The van der Waals surface area contributed by atoms with E-state index in [-0.39, 0.29) is 6.54 Å². The first kappa shape index (κ1) is 20.8. The molecule has 0 heterocycles. The van der Waals surface area contributed by atoms with Crippen LogP contribution in [0.25, 0.3) is 0 Å². The van der Waals surface area contributed by atoms with Gasteiger partial charge in [0, 0.05) is 0 Å². The van der Waals surface area contributed by atoms with Crippen LogP contribution in [0.1, 0.15) is 34.6 Å². The molecule has 0 aliphatic heterocycles. The maximum absolute atomic E-state index is 10.1. The number of hydrogen-bond acceptors (Lipinski definition) is 3. The Kier molecular flexibility index (Phi) is 16.1. The Labute approximate surface area is 123 Å². The lowest BCUT2D eigenvalue weighted by Crippen LogP contribution is -2.29. The molecule has 0 saturated carbocycles. The smallest absolute Gasteiger partial charge is 0.317 e. The molecular weight excluding hydrogens is 254 g/mol. The van der Waals surface area contributed by atoms with Crippen LogP contribution in [-0.4, -0.2) is 42.2 Å². The van der Waals surface area contributed by atoms with Crippen molar-refractivity contribution in [3.8, 4) is 5.75 Å². The molecule has 20 heavy (non-hydrogen) atoms. The van der Waals surface area contributed by atoms with Gasteiger partial charge in [0.2, 0.25) is 0 Å². The normalized spacial score (nSPS) is 8.90. The minimum atomic E-state index is -0.751. The average Bonchev–Trinajstić information content (AvgIpc) is 2.49. The molecule has 0 aliphatic rings. The van der Waals surface area contributed by atoms with Crippen LogP contribution >= 0.6 is 0 Å². The van der Waals surface area contributed by atoms with Crippen molar-refractivity contribution < 1.29 is 14.6 Å². The zero-order valence-corrected chi connectivity index (χ0v) is 13.4. The molecule has 0 radical (unpaired) electrons. The Balaban J connectivity index is 0. The first-order valence-corrected chi connectivity index (χ1v) is 7.25. The van der Waals surface area contributed by atoms with Gasteiger partial charge in [-0.2, -0.15) is 0 Å². The number of ether oxygens (including phenoxy) is 1. The van der Waals surface area contributed by atoms with Crippen molar-refractivity contribution >= 4 is 5.97 Å². The second kappa shape index (κ2) is 15.5. The molecule has 0 bridgehead atoms. The Morgan fingerprint density at radius 1 is 1.10 bits per heavy atom. The van der Waals surface area contributed by atoms with Crippen molar-refractivity contribution in [1.82, 2.24) is 4.90 Å². The number of aliphatic carboxylic acids is 1. The minimum absolute atomic E-state index is 0.160. The summed E-state index contributed by atoms with van der Waals surface area (Å²) >= 11 is 0. The molecule has 0 spiro atoms. The molecule has 4 nitrogen and oxygen atoms in total. The highest BCUT2D eigenvalue weighted by Gasteiger charge is 2.02. The number of carbonyl (C=O) groups is 1. The van der Waals surface area contributed by atoms with E-state index in [0.29, 0.717) is 0 Å². The van der Waals surface area contributed by atoms with Crippen LogP contribution in [0.3, 0.4) is 0 Å². The predicted molar refractivity (Wildman–Crippen MR) is 84.4 cm³/mol. The van der Waals surface area contributed by atoms with Gasteiger partial charge in [0.05, 0.1) is 13.2 Å². The quantitative estimate of drug-likeness (QED) is 0.867. The minimum Gasteiger partial charge on any atom is -0.494 e. The molecule has 0 amide bonds. The van der Waals surface area contributed by atoms with Gasteiger partial charge in [-0.05, 0) is 32.1 Å². The summed E-state index contributed by atoms with van der Waals surface area (Å²) < 4.78 is 5.21. The summed E-state index contributed by atoms with van der Waals surface area (Å²) in [5.41, 5.74) is 0. The Morgan fingerprint density at radius 3 is 1.90 bits per heavy atom. The molecule has 1 aromatic carbocycles. The topological polar surface area (TPSA) is 49.8 Å². The number of rotatable bonds is 6. The van der Waals surface area contributed by atoms with E-state index in [1.54, 1.807) is 0 Å². The van der Waals surface area contributed by atoms with Crippen LogP contribution in [0.5, 0.6) is 5.75 Å². The molecule has 0 atom stereocenters. The fraction of sp³-hybridized carbons (Fsp3) is 0.562. The molecule has 0 aliphatic carbocycles. The molecule has 0 saturated heterocycles. The molecule has 0 aromatic heterocycles. The second-order valence-electron chi connectivity index (χ2n) is 3.60. The Bertz CT molecular complexity index is 311. The Hall–Kier alpha value is -1.55. The SMILES string of the molecule is CC.CCN(CC)CC(=O)O.CCOc1ccccc1. The molecule has 1 aromatic rings. The van der Waals surface area contributed by atoms with Gasteiger partial charge in [-0.1, -0.05) is 45.9 Å². The van der Waals surface area contributed by atoms with Crippen LogP contribution < -0.4 is 4.74 Å². The van der Waals surface area contributed by atoms with E-state index in [1.807, 2.05) is 69.9 Å². The highest BCUT2D eigenvalue weighted by Crippen LogP contribution is 2.06. The van der Waals surface area contributed by atoms with E-state index in [0.717, 1.165) is 25.4 Å². The predicted octanol–water partition coefficient (Wildman–Crippen LogP) is 3.52. The maximum atomic E-state index is 10.1. The first-order chi connectivity index (χ1) is 9.63. The third kappa shape index (κ3) is 12.9. The van der Waals surface area contributed by atoms with Gasteiger partial charge in [-0.15, -0.1) is 0 Å². The maximum Gasteiger partial charge on any atom is 0.317 e. The van der Waals surface area contributed by atoms with Gasteiger partial charge in [-0.25, -0.2) is 0 Å². The third-order valence-corrected chi connectivity index (χ3v) is 2.31. The molecule has 1 N–H and O–H groups in total. The van der Waals surface area contributed by atoms with E-state index in [4.69, 9.17) is 9.84 Å². The van der Waals surface area contributed by atoms with E-state index in [2.05, 4.69) is 0 Å². The van der Waals surface area contributed by atoms with Crippen molar-refractivity contribution in [1.29, 1.82) is 0 Å². The Morgan fingerprint density at radius 2 is 1.60 bits per heavy atom.